The number of thioether (sulfide) groups is 1. The molecule has 12 heavy (non-hydrogen) atoms. The molecule has 0 fully saturated rings. The monoisotopic (exact) mass is 184 g/mol. The van der Waals surface area contributed by atoms with Crippen LogP contribution >= 0.6 is 11.8 Å². The third kappa shape index (κ3) is 1.01. The van der Waals surface area contributed by atoms with Crippen LogP contribution in [0, 0.1) is 5.92 Å². The van der Waals surface area contributed by atoms with Crippen LogP contribution in [0.2, 0.25) is 0 Å². The molecule has 2 heterocycles. The van der Waals surface area contributed by atoms with Crippen LogP contribution in [0.3, 0.4) is 0 Å². The molecule has 2 N–H and O–H groups in total. The van der Waals surface area contributed by atoms with E-state index < -0.39 is 5.97 Å². The molecule has 2 atom stereocenters. The van der Waals surface area contributed by atoms with Crippen molar-refractivity contribution in [3.8, 4) is 0 Å². The standard InChI is InChI=1S/C7H8N2O2S/c1-3-4-2-5(7(10)11)12-6(4)9-8-3/h2,4,6,9H,1H3,(H,10,11)/t4-,6+/m0/s1. The molecule has 0 spiro atoms. The number of carboxylic acid groups (broad SMARTS) is 1. The summed E-state index contributed by atoms with van der Waals surface area (Å²) in [6, 6.07) is 0. The first kappa shape index (κ1) is 7.67. The summed E-state index contributed by atoms with van der Waals surface area (Å²) in [5.74, 6) is -0.676. The number of hydrazone groups is 1. The normalized spacial score (nSPS) is 32.1. The maximum Gasteiger partial charge on any atom is 0.341 e. The zero-order valence-electron chi connectivity index (χ0n) is 6.44. The van der Waals surface area contributed by atoms with Crippen molar-refractivity contribution in [1.82, 2.24) is 5.43 Å². The molecule has 2 aliphatic rings. The highest BCUT2D eigenvalue weighted by molar-refractivity contribution is 8.04. The van der Waals surface area contributed by atoms with E-state index in [1.54, 1.807) is 6.08 Å². The van der Waals surface area contributed by atoms with Gasteiger partial charge in [0, 0.05) is 11.6 Å². The maximum atomic E-state index is 10.6. The summed E-state index contributed by atoms with van der Waals surface area (Å²) < 4.78 is 0. The molecule has 0 radical (unpaired) electrons. The SMILES string of the molecule is CC1=NN[C@@H]2SC(C(=O)O)=C[C@@H]12. The Morgan fingerprint density at radius 3 is 3.17 bits per heavy atom. The topological polar surface area (TPSA) is 61.7 Å². The quantitative estimate of drug-likeness (QED) is 0.627. The van der Waals surface area contributed by atoms with E-state index in [-0.39, 0.29) is 11.3 Å². The first-order valence-corrected chi connectivity index (χ1v) is 4.48. The molecule has 2 aliphatic heterocycles. The average Bonchev–Trinajstić information content (AvgIpc) is 2.53. The van der Waals surface area contributed by atoms with Gasteiger partial charge in [0.1, 0.15) is 5.37 Å². The Balaban J connectivity index is 2.22. The molecular formula is C7H8N2O2S. The minimum Gasteiger partial charge on any atom is -0.477 e. The first-order chi connectivity index (χ1) is 5.68. The van der Waals surface area contributed by atoms with Crippen molar-refractivity contribution in [2.45, 2.75) is 12.3 Å². The number of nitrogens with one attached hydrogen (secondary N) is 1. The molecule has 0 aromatic carbocycles. The van der Waals surface area contributed by atoms with Crippen LogP contribution in [0.5, 0.6) is 0 Å². The van der Waals surface area contributed by atoms with Crippen molar-refractivity contribution in [3.05, 3.63) is 11.0 Å². The number of rotatable bonds is 1. The number of fused-ring (bicyclic) bond motifs is 1. The number of carboxylic acids is 1. The number of aliphatic carboxylic acids is 1. The Labute approximate surface area is 73.7 Å². The van der Waals surface area contributed by atoms with Crippen LogP contribution in [0.4, 0.5) is 0 Å². The predicted octanol–water partition coefficient (Wildman–Crippen LogP) is 0.623. The summed E-state index contributed by atoms with van der Waals surface area (Å²) >= 11 is 1.33. The number of nitrogens with zero attached hydrogens (tertiary/aromatic N) is 1. The lowest BCUT2D eigenvalue weighted by Crippen LogP contribution is -2.20. The molecule has 0 amide bonds. The van der Waals surface area contributed by atoms with E-state index in [4.69, 9.17) is 5.11 Å². The lowest BCUT2D eigenvalue weighted by molar-refractivity contribution is -0.131. The predicted molar refractivity (Wildman–Crippen MR) is 46.8 cm³/mol. The number of carbonyl (C=O) groups is 1. The first-order valence-electron chi connectivity index (χ1n) is 3.60. The fraction of sp³-hybridized carbons (Fsp3) is 0.429. The molecule has 0 saturated heterocycles. The molecule has 0 aliphatic carbocycles. The van der Waals surface area contributed by atoms with Crippen LogP contribution in [-0.4, -0.2) is 22.2 Å². The fourth-order valence-corrected chi connectivity index (χ4v) is 2.43. The summed E-state index contributed by atoms with van der Waals surface area (Å²) in [5, 5.41) is 12.8. The largest absolute Gasteiger partial charge is 0.477 e. The van der Waals surface area contributed by atoms with E-state index in [1.165, 1.54) is 11.8 Å². The Hall–Kier alpha value is -0.970. The van der Waals surface area contributed by atoms with Crippen molar-refractivity contribution in [2.24, 2.45) is 11.0 Å². The van der Waals surface area contributed by atoms with Gasteiger partial charge in [-0.1, -0.05) is 17.8 Å². The fourth-order valence-electron chi connectivity index (χ4n) is 1.31. The lowest BCUT2D eigenvalue weighted by atomic mass is 10.1. The molecule has 0 saturated carbocycles. The molecule has 64 valence electrons. The van der Waals surface area contributed by atoms with Crippen LogP contribution in [0.25, 0.3) is 0 Å². The second-order valence-corrected chi connectivity index (χ2v) is 3.97. The second kappa shape index (κ2) is 2.52. The molecule has 0 unspecified atom stereocenters. The molecule has 0 aromatic rings. The Bertz CT molecular complexity index is 298. The van der Waals surface area contributed by atoms with Crippen LogP contribution in [-0.2, 0) is 4.79 Å². The van der Waals surface area contributed by atoms with Gasteiger partial charge >= 0.3 is 5.97 Å². The molecule has 0 aromatic heterocycles. The summed E-state index contributed by atoms with van der Waals surface area (Å²) in [6.07, 6.45) is 1.76. The van der Waals surface area contributed by atoms with Gasteiger partial charge in [0.15, 0.2) is 0 Å². The second-order valence-electron chi connectivity index (χ2n) is 2.78. The highest BCUT2D eigenvalue weighted by Gasteiger charge is 2.36. The van der Waals surface area contributed by atoms with Crippen molar-refractivity contribution >= 4 is 23.4 Å². The molecule has 5 heteroatoms. The van der Waals surface area contributed by atoms with Gasteiger partial charge in [-0.05, 0) is 6.92 Å². The molecule has 0 bridgehead atoms. The Morgan fingerprint density at radius 1 is 1.83 bits per heavy atom. The van der Waals surface area contributed by atoms with Crippen molar-refractivity contribution in [2.75, 3.05) is 0 Å². The Morgan fingerprint density at radius 2 is 2.58 bits per heavy atom. The highest BCUT2D eigenvalue weighted by Crippen LogP contribution is 2.38. The molecule has 2 rings (SSSR count). The molecule has 4 nitrogen and oxygen atoms in total. The maximum absolute atomic E-state index is 10.6. The van der Waals surface area contributed by atoms with Crippen LogP contribution in [0.15, 0.2) is 16.1 Å². The van der Waals surface area contributed by atoms with E-state index in [0.717, 1.165) is 5.71 Å². The minimum atomic E-state index is -0.844. The van der Waals surface area contributed by atoms with Crippen molar-refractivity contribution in [1.29, 1.82) is 0 Å². The summed E-state index contributed by atoms with van der Waals surface area (Å²) in [4.78, 5) is 11.0. The zero-order chi connectivity index (χ0) is 8.72. The van der Waals surface area contributed by atoms with Crippen molar-refractivity contribution < 1.29 is 9.90 Å². The minimum absolute atomic E-state index is 0.107. The van der Waals surface area contributed by atoms with Crippen LogP contribution in [0.1, 0.15) is 6.92 Å². The van der Waals surface area contributed by atoms with E-state index >= 15 is 0 Å². The zero-order valence-corrected chi connectivity index (χ0v) is 7.26. The van der Waals surface area contributed by atoms with Gasteiger partial charge < -0.3 is 5.11 Å². The van der Waals surface area contributed by atoms with E-state index in [0.29, 0.717) is 4.91 Å². The van der Waals surface area contributed by atoms with E-state index in [2.05, 4.69) is 10.5 Å². The number of hydrogen-bond donors (Lipinski definition) is 2. The van der Waals surface area contributed by atoms with E-state index in [1.807, 2.05) is 6.92 Å². The summed E-state index contributed by atoms with van der Waals surface area (Å²) in [5.41, 5.74) is 3.85. The summed E-state index contributed by atoms with van der Waals surface area (Å²) in [7, 11) is 0. The number of hydrogen-bond acceptors (Lipinski definition) is 4. The third-order valence-corrected chi connectivity index (χ3v) is 3.19. The van der Waals surface area contributed by atoms with Gasteiger partial charge in [0.2, 0.25) is 0 Å². The van der Waals surface area contributed by atoms with Gasteiger partial charge in [-0.3, -0.25) is 5.43 Å². The Kier molecular flexibility index (Phi) is 1.61. The lowest BCUT2D eigenvalue weighted by Gasteiger charge is -2.06. The van der Waals surface area contributed by atoms with Gasteiger partial charge in [-0.15, -0.1) is 0 Å². The van der Waals surface area contributed by atoms with E-state index in [9.17, 15) is 4.79 Å². The van der Waals surface area contributed by atoms with Gasteiger partial charge in [-0.2, -0.15) is 5.10 Å². The highest BCUT2D eigenvalue weighted by atomic mass is 32.2. The van der Waals surface area contributed by atoms with Gasteiger partial charge in [0.05, 0.1) is 4.91 Å². The van der Waals surface area contributed by atoms with Gasteiger partial charge in [-0.25, -0.2) is 4.79 Å². The van der Waals surface area contributed by atoms with Crippen molar-refractivity contribution in [3.63, 3.8) is 0 Å². The molecular weight excluding hydrogens is 176 g/mol. The smallest absolute Gasteiger partial charge is 0.341 e. The van der Waals surface area contributed by atoms with Crippen LogP contribution < -0.4 is 5.43 Å². The van der Waals surface area contributed by atoms with Gasteiger partial charge in [0.25, 0.3) is 0 Å². The third-order valence-electron chi connectivity index (χ3n) is 1.97. The summed E-state index contributed by atoms with van der Waals surface area (Å²) in [6.45, 7) is 1.90. The average molecular weight is 184 g/mol.